The average Bonchev–Trinajstić information content (AvgIpc) is 3.43. The van der Waals surface area contributed by atoms with Crippen LogP contribution >= 0.6 is 0 Å². The van der Waals surface area contributed by atoms with Crippen LogP contribution in [0.1, 0.15) is 0 Å². The second kappa shape index (κ2) is 8.06. The Balaban J connectivity index is 1.31. The van der Waals surface area contributed by atoms with Crippen LogP contribution in [-0.2, 0) is 0 Å². The number of benzene rings is 9. The Morgan fingerprint density at radius 3 is 1.68 bits per heavy atom. The Kier molecular flexibility index (Phi) is 4.20. The highest BCUT2D eigenvalue weighted by Crippen LogP contribution is 2.47. The Hall–Kier alpha value is -5.60. The van der Waals surface area contributed by atoms with E-state index >= 15 is 0 Å². The van der Waals surface area contributed by atoms with Gasteiger partial charge >= 0.3 is 0 Å². The van der Waals surface area contributed by atoms with Crippen LogP contribution < -0.4 is 21.3 Å². The van der Waals surface area contributed by atoms with Crippen LogP contribution in [0.4, 0.5) is 17.1 Å². The summed E-state index contributed by atoms with van der Waals surface area (Å²) in [6.07, 6.45) is 0. The van der Waals surface area contributed by atoms with Gasteiger partial charge in [-0.2, -0.15) is 0 Å². The number of hydrogen-bond acceptors (Lipinski definition) is 1. The molecule has 2 heteroatoms. The molecule has 0 radical (unpaired) electrons. The zero-order valence-corrected chi connectivity index (χ0v) is 23.9. The zero-order valence-electron chi connectivity index (χ0n) is 23.9. The molecule has 1 nitrogen and oxygen atoms in total. The molecule has 0 spiro atoms. The zero-order chi connectivity index (χ0) is 28.5. The van der Waals surface area contributed by atoms with E-state index in [0.29, 0.717) is 0 Å². The maximum absolute atomic E-state index is 2.57. The van der Waals surface area contributed by atoms with Crippen molar-refractivity contribution in [3.8, 4) is 11.1 Å². The molecule has 2 heterocycles. The van der Waals surface area contributed by atoms with Gasteiger partial charge in [-0.3, -0.25) is 0 Å². The summed E-state index contributed by atoms with van der Waals surface area (Å²) < 4.78 is 0. The van der Waals surface area contributed by atoms with Crippen molar-refractivity contribution < 1.29 is 0 Å². The molecule has 2 aliphatic rings. The largest absolute Gasteiger partial charge is 0.311 e. The molecule has 0 saturated carbocycles. The van der Waals surface area contributed by atoms with Gasteiger partial charge in [-0.05, 0) is 88.7 Å². The summed E-state index contributed by atoms with van der Waals surface area (Å²) >= 11 is 0. The van der Waals surface area contributed by atoms with Crippen LogP contribution in [0, 0.1) is 0 Å². The summed E-state index contributed by atoms with van der Waals surface area (Å²) in [4.78, 5) is 2.57. The summed E-state index contributed by atoms with van der Waals surface area (Å²) in [5.74, 6) is 0. The molecular formula is C42H24BN. The van der Waals surface area contributed by atoms with Gasteiger partial charge in [0.05, 0.1) is 5.69 Å². The van der Waals surface area contributed by atoms with E-state index < -0.39 is 0 Å². The minimum Gasteiger partial charge on any atom is -0.311 e. The normalized spacial score (nSPS) is 13.4. The van der Waals surface area contributed by atoms with Crippen molar-refractivity contribution in [3.63, 3.8) is 0 Å². The molecule has 0 aliphatic carbocycles. The molecule has 0 N–H and O–H groups in total. The van der Waals surface area contributed by atoms with Crippen molar-refractivity contribution in [2.45, 2.75) is 0 Å². The van der Waals surface area contributed by atoms with E-state index in [9.17, 15) is 0 Å². The Labute approximate surface area is 255 Å². The fourth-order valence-electron chi connectivity index (χ4n) is 8.65. The van der Waals surface area contributed by atoms with Crippen LogP contribution in [0.3, 0.4) is 0 Å². The van der Waals surface area contributed by atoms with Crippen molar-refractivity contribution in [1.29, 1.82) is 0 Å². The molecule has 2 aliphatic heterocycles. The molecular weight excluding hydrogens is 529 g/mol. The summed E-state index contributed by atoms with van der Waals surface area (Å²) in [5, 5.41) is 13.2. The lowest BCUT2D eigenvalue weighted by molar-refractivity contribution is 1.32. The summed E-state index contributed by atoms with van der Waals surface area (Å²) in [5.41, 5.74) is 10.8. The minimum atomic E-state index is 0.166. The lowest BCUT2D eigenvalue weighted by atomic mass is 9.36. The molecule has 0 aromatic heterocycles. The first kappa shape index (κ1) is 22.9. The van der Waals surface area contributed by atoms with Gasteiger partial charge in [0.15, 0.2) is 0 Å². The van der Waals surface area contributed by atoms with Crippen molar-refractivity contribution >= 4 is 94.0 Å². The summed E-state index contributed by atoms with van der Waals surface area (Å²) in [6.45, 7) is 0.166. The van der Waals surface area contributed by atoms with Gasteiger partial charge in [0, 0.05) is 16.8 Å². The quantitative estimate of drug-likeness (QED) is 0.145. The van der Waals surface area contributed by atoms with Crippen molar-refractivity contribution in [2.75, 3.05) is 4.90 Å². The molecule has 0 saturated heterocycles. The predicted molar refractivity (Wildman–Crippen MR) is 190 cm³/mol. The highest BCUT2D eigenvalue weighted by atomic mass is 15.2. The Morgan fingerprint density at radius 1 is 0.318 bits per heavy atom. The topological polar surface area (TPSA) is 3.24 Å². The second-order valence-corrected chi connectivity index (χ2v) is 12.4. The molecule has 0 atom stereocenters. The van der Waals surface area contributed by atoms with Crippen LogP contribution in [-0.4, -0.2) is 6.71 Å². The van der Waals surface area contributed by atoms with Gasteiger partial charge in [-0.15, -0.1) is 0 Å². The van der Waals surface area contributed by atoms with Crippen LogP contribution in [0.2, 0.25) is 0 Å². The van der Waals surface area contributed by atoms with Crippen LogP contribution in [0.25, 0.3) is 65.0 Å². The smallest absolute Gasteiger partial charge is 0.249 e. The van der Waals surface area contributed by atoms with E-state index in [1.165, 1.54) is 98.4 Å². The molecule has 9 aromatic rings. The number of anilines is 3. The van der Waals surface area contributed by atoms with Gasteiger partial charge in [0.1, 0.15) is 0 Å². The molecule has 9 aromatic carbocycles. The number of nitrogens with zero attached hydrogens (tertiary/aromatic N) is 1. The van der Waals surface area contributed by atoms with Crippen molar-refractivity contribution in [1.82, 2.24) is 0 Å². The highest BCUT2D eigenvalue weighted by Gasteiger charge is 2.44. The molecule has 11 rings (SSSR count). The van der Waals surface area contributed by atoms with E-state index in [4.69, 9.17) is 0 Å². The lowest BCUT2D eigenvalue weighted by Crippen LogP contribution is -2.55. The van der Waals surface area contributed by atoms with E-state index in [0.717, 1.165) is 0 Å². The monoisotopic (exact) mass is 553 g/mol. The average molecular weight is 553 g/mol. The first-order valence-electron chi connectivity index (χ1n) is 15.5. The van der Waals surface area contributed by atoms with Crippen LogP contribution in [0.5, 0.6) is 0 Å². The first-order chi connectivity index (χ1) is 21.8. The number of hydrogen-bond donors (Lipinski definition) is 0. The van der Waals surface area contributed by atoms with E-state index in [1.807, 2.05) is 0 Å². The van der Waals surface area contributed by atoms with E-state index in [1.54, 1.807) is 0 Å². The molecule has 0 fully saturated rings. The highest BCUT2D eigenvalue weighted by molar-refractivity contribution is 7.03. The molecule has 200 valence electrons. The van der Waals surface area contributed by atoms with Gasteiger partial charge in [-0.1, -0.05) is 133 Å². The standard InChI is InChI=1S/C42H24BN/c1-3-11-30-25(7-1)17-21-33-32-13-6-14-36-42(32)43(40(30)33)41-31-12-4-2-8-26(31)19-24-37(41)44(36)35-23-20-29-16-15-27-9-5-10-28-18-22-34(35)39(29)38(27)28/h1-24H. The SMILES string of the molecule is c1cc2c3c(c1)N(c1ccc4ccc5cccc6ccc1c4c56)c1ccc4ccccc4c1B3c1c-2ccc2ccccc12. The minimum absolute atomic E-state index is 0.166. The van der Waals surface area contributed by atoms with Gasteiger partial charge in [0.25, 0.3) is 0 Å². The van der Waals surface area contributed by atoms with Crippen molar-refractivity contribution in [3.05, 3.63) is 146 Å². The molecule has 0 amide bonds. The second-order valence-electron chi connectivity index (χ2n) is 12.4. The number of fused-ring (bicyclic) bond motifs is 9. The Morgan fingerprint density at radius 2 is 0.864 bits per heavy atom. The molecule has 44 heavy (non-hydrogen) atoms. The van der Waals surface area contributed by atoms with Gasteiger partial charge < -0.3 is 4.90 Å². The predicted octanol–water partition coefficient (Wildman–Crippen LogP) is 9.17. The van der Waals surface area contributed by atoms with E-state index in [-0.39, 0.29) is 6.71 Å². The fourth-order valence-corrected chi connectivity index (χ4v) is 8.65. The molecule has 0 bridgehead atoms. The lowest BCUT2D eigenvalue weighted by Gasteiger charge is -2.37. The maximum Gasteiger partial charge on any atom is 0.249 e. The first-order valence-corrected chi connectivity index (χ1v) is 15.5. The molecule has 0 unspecified atom stereocenters. The van der Waals surface area contributed by atoms with Gasteiger partial charge in [-0.25, -0.2) is 0 Å². The van der Waals surface area contributed by atoms with Crippen LogP contribution in [0.15, 0.2) is 146 Å². The number of rotatable bonds is 1. The third kappa shape index (κ3) is 2.73. The van der Waals surface area contributed by atoms with E-state index in [2.05, 4.69) is 150 Å². The fraction of sp³-hybridized carbons (Fsp3) is 0. The Bertz CT molecular complexity index is 2670. The third-order valence-corrected chi connectivity index (χ3v) is 10.4. The summed E-state index contributed by atoms with van der Waals surface area (Å²) in [6, 6.07) is 54.7. The summed E-state index contributed by atoms with van der Waals surface area (Å²) in [7, 11) is 0. The third-order valence-electron chi connectivity index (χ3n) is 10.4. The maximum atomic E-state index is 2.57. The van der Waals surface area contributed by atoms with Gasteiger partial charge in [0.2, 0.25) is 6.71 Å². The van der Waals surface area contributed by atoms with Crippen molar-refractivity contribution in [2.24, 2.45) is 0 Å².